The van der Waals surface area contributed by atoms with Crippen LogP contribution in [-0.4, -0.2) is 21.3 Å². The zero-order valence-corrected chi connectivity index (χ0v) is 12.2. The lowest BCUT2D eigenvalue weighted by Gasteiger charge is -2.10. The minimum Gasteiger partial charge on any atom is -0.476 e. The van der Waals surface area contributed by atoms with Crippen LogP contribution in [0, 0.1) is 0 Å². The van der Waals surface area contributed by atoms with E-state index in [-0.39, 0.29) is 11.4 Å². The maximum atomic E-state index is 11.3. The van der Waals surface area contributed by atoms with Crippen LogP contribution in [0.4, 0.5) is 0 Å². The first-order valence-corrected chi connectivity index (χ1v) is 6.86. The van der Waals surface area contributed by atoms with Crippen LogP contribution < -0.4 is 4.74 Å². The van der Waals surface area contributed by atoms with E-state index in [9.17, 15) is 9.90 Å². The molecule has 2 aromatic carbocycles. The highest BCUT2D eigenvalue weighted by Crippen LogP contribution is 2.31. The van der Waals surface area contributed by atoms with Gasteiger partial charge in [0.2, 0.25) is 5.69 Å². The molecule has 104 valence electrons. The van der Waals surface area contributed by atoms with Gasteiger partial charge in [0.05, 0.1) is 5.52 Å². The van der Waals surface area contributed by atoms with E-state index in [1.54, 1.807) is 36.4 Å². The van der Waals surface area contributed by atoms with E-state index in [0.717, 1.165) is 4.47 Å². The van der Waals surface area contributed by atoms with Crippen molar-refractivity contribution in [3.05, 3.63) is 58.7 Å². The second kappa shape index (κ2) is 5.49. The van der Waals surface area contributed by atoms with Gasteiger partial charge in [0, 0.05) is 9.86 Å². The molecule has 0 saturated carbocycles. The zero-order chi connectivity index (χ0) is 14.8. The van der Waals surface area contributed by atoms with Gasteiger partial charge in [0.25, 0.3) is 0 Å². The minimum absolute atomic E-state index is 0.190. The molecule has 0 radical (unpaired) electrons. The van der Waals surface area contributed by atoms with Crippen LogP contribution in [-0.2, 0) is 0 Å². The van der Waals surface area contributed by atoms with Crippen molar-refractivity contribution in [2.24, 2.45) is 0 Å². The van der Waals surface area contributed by atoms with Crippen molar-refractivity contribution in [2.45, 2.75) is 0 Å². The Kier molecular flexibility index (Phi) is 3.53. The molecule has 0 aliphatic rings. The van der Waals surface area contributed by atoms with Gasteiger partial charge in [0.15, 0.2) is 5.75 Å². The molecule has 6 heteroatoms. The van der Waals surface area contributed by atoms with Gasteiger partial charge in [-0.05, 0) is 36.4 Å². The van der Waals surface area contributed by atoms with Gasteiger partial charge in [-0.3, -0.25) is 0 Å². The van der Waals surface area contributed by atoms with Crippen molar-refractivity contribution in [1.82, 2.24) is 10.2 Å². The highest BCUT2D eigenvalue weighted by molar-refractivity contribution is 9.10. The molecule has 0 saturated heterocycles. The van der Waals surface area contributed by atoms with Crippen LogP contribution in [0.5, 0.6) is 11.5 Å². The number of hydrogen-bond donors (Lipinski definition) is 1. The molecule has 0 unspecified atom stereocenters. The summed E-state index contributed by atoms with van der Waals surface area (Å²) in [5.41, 5.74) is 0.367. The molecule has 0 amide bonds. The summed E-state index contributed by atoms with van der Waals surface area (Å²) in [6, 6.07) is 14.2. The Morgan fingerprint density at radius 1 is 1.05 bits per heavy atom. The van der Waals surface area contributed by atoms with E-state index in [1.807, 2.05) is 12.1 Å². The van der Waals surface area contributed by atoms with Crippen LogP contribution in [0.25, 0.3) is 10.9 Å². The normalized spacial score (nSPS) is 10.5. The number of hydrogen-bond acceptors (Lipinski definition) is 4. The van der Waals surface area contributed by atoms with Crippen LogP contribution in [0.2, 0.25) is 0 Å². The Morgan fingerprint density at radius 3 is 2.48 bits per heavy atom. The molecular weight excluding hydrogens is 336 g/mol. The van der Waals surface area contributed by atoms with Gasteiger partial charge in [0.1, 0.15) is 5.75 Å². The van der Waals surface area contributed by atoms with Crippen LogP contribution >= 0.6 is 15.9 Å². The lowest BCUT2D eigenvalue weighted by molar-refractivity contribution is 0.0686. The quantitative estimate of drug-likeness (QED) is 0.780. The predicted octanol–water partition coefficient (Wildman–Crippen LogP) is 3.88. The van der Waals surface area contributed by atoms with Gasteiger partial charge in [-0.15, -0.1) is 10.2 Å². The highest BCUT2D eigenvalue weighted by atomic mass is 79.9. The highest BCUT2D eigenvalue weighted by Gasteiger charge is 2.18. The van der Waals surface area contributed by atoms with Gasteiger partial charge >= 0.3 is 5.97 Å². The summed E-state index contributed by atoms with van der Waals surface area (Å²) in [6.07, 6.45) is 0. The Labute approximate surface area is 128 Å². The summed E-state index contributed by atoms with van der Waals surface area (Å²) < 4.78 is 6.64. The fraction of sp³-hybridized carbons (Fsp3) is 0. The average molecular weight is 345 g/mol. The second-order valence-corrected chi connectivity index (χ2v) is 5.17. The number of halogens is 1. The standard InChI is InChI=1S/C15H9BrN2O3/c16-9-5-7-10(8-6-9)21-14-11-3-1-2-4-12(11)17-18-13(14)15(19)20/h1-8H,(H,19,20). The van der Waals surface area contributed by atoms with E-state index >= 15 is 0 Å². The van der Waals surface area contributed by atoms with E-state index in [0.29, 0.717) is 16.7 Å². The molecule has 21 heavy (non-hydrogen) atoms. The SMILES string of the molecule is O=C(O)c1nnc2ccccc2c1Oc1ccc(Br)cc1. The number of carboxylic acid groups (broad SMARTS) is 1. The fourth-order valence-corrected chi connectivity index (χ4v) is 2.16. The second-order valence-electron chi connectivity index (χ2n) is 4.26. The summed E-state index contributed by atoms with van der Waals surface area (Å²) in [6.45, 7) is 0. The van der Waals surface area contributed by atoms with Gasteiger partial charge < -0.3 is 9.84 Å². The first-order chi connectivity index (χ1) is 10.1. The Balaban J connectivity index is 2.16. The number of aromatic carboxylic acids is 1. The number of ether oxygens (including phenoxy) is 1. The molecule has 3 rings (SSSR count). The molecule has 0 aliphatic heterocycles. The van der Waals surface area contributed by atoms with Gasteiger partial charge in [-0.1, -0.05) is 28.1 Å². The van der Waals surface area contributed by atoms with E-state index < -0.39 is 5.97 Å². The van der Waals surface area contributed by atoms with Crippen molar-refractivity contribution < 1.29 is 14.6 Å². The predicted molar refractivity (Wildman–Crippen MR) is 80.7 cm³/mol. The van der Waals surface area contributed by atoms with Crippen molar-refractivity contribution >= 4 is 32.8 Å². The summed E-state index contributed by atoms with van der Waals surface area (Å²) in [5, 5.41) is 17.5. The number of rotatable bonds is 3. The largest absolute Gasteiger partial charge is 0.476 e. The van der Waals surface area contributed by atoms with E-state index in [1.165, 1.54) is 0 Å². The smallest absolute Gasteiger partial charge is 0.360 e. The van der Waals surface area contributed by atoms with Gasteiger partial charge in [-0.2, -0.15) is 0 Å². The van der Waals surface area contributed by atoms with Crippen molar-refractivity contribution in [3.8, 4) is 11.5 Å². The Hall–Kier alpha value is -2.47. The summed E-state index contributed by atoms with van der Waals surface area (Å²) >= 11 is 3.34. The monoisotopic (exact) mass is 344 g/mol. The molecular formula is C15H9BrN2O3. The lowest BCUT2D eigenvalue weighted by Crippen LogP contribution is -2.05. The summed E-state index contributed by atoms with van der Waals surface area (Å²) in [4.78, 5) is 11.3. The molecule has 0 bridgehead atoms. The average Bonchev–Trinajstić information content (AvgIpc) is 2.49. The third-order valence-corrected chi connectivity index (χ3v) is 3.39. The molecule has 0 fully saturated rings. The third kappa shape index (κ3) is 2.71. The van der Waals surface area contributed by atoms with Gasteiger partial charge in [-0.25, -0.2) is 4.79 Å². The topological polar surface area (TPSA) is 72.3 Å². The number of benzene rings is 2. The molecule has 1 aromatic heterocycles. The molecule has 0 spiro atoms. The number of fused-ring (bicyclic) bond motifs is 1. The number of carboxylic acids is 1. The summed E-state index contributed by atoms with van der Waals surface area (Å²) in [7, 11) is 0. The van der Waals surface area contributed by atoms with Crippen LogP contribution in [0.1, 0.15) is 10.5 Å². The van der Waals surface area contributed by atoms with Crippen molar-refractivity contribution in [2.75, 3.05) is 0 Å². The maximum absolute atomic E-state index is 11.3. The molecule has 5 nitrogen and oxygen atoms in total. The molecule has 0 atom stereocenters. The molecule has 1 N–H and O–H groups in total. The minimum atomic E-state index is -1.18. The molecule has 1 heterocycles. The molecule has 3 aromatic rings. The Morgan fingerprint density at radius 2 is 1.76 bits per heavy atom. The first kappa shape index (κ1) is 13.5. The molecule has 0 aliphatic carbocycles. The van der Waals surface area contributed by atoms with Crippen molar-refractivity contribution in [3.63, 3.8) is 0 Å². The third-order valence-electron chi connectivity index (χ3n) is 2.86. The number of carbonyl (C=O) groups is 1. The Bertz CT molecular complexity index is 819. The van der Waals surface area contributed by atoms with Crippen LogP contribution in [0.15, 0.2) is 53.0 Å². The zero-order valence-electron chi connectivity index (χ0n) is 10.7. The summed E-state index contributed by atoms with van der Waals surface area (Å²) in [5.74, 6) is -0.463. The van der Waals surface area contributed by atoms with E-state index in [2.05, 4.69) is 26.1 Å². The first-order valence-electron chi connectivity index (χ1n) is 6.07. The lowest BCUT2D eigenvalue weighted by atomic mass is 10.2. The van der Waals surface area contributed by atoms with Crippen molar-refractivity contribution in [1.29, 1.82) is 0 Å². The maximum Gasteiger partial charge on any atom is 0.360 e. The van der Waals surface area contributed by atoms with Crippen LogP contribution in [0.3, 0.4) is 0 Å². The fourth-order valence-electron chi connectivity index (χ4n) is 1.89. The number of nitrogens with zero attached hydrogens (tertiary/aromatic N) is 2. The number of aromatic nitrogens is 2. The van der Waals surface area contributed by atoms with E-state index in [4.69, 9.17) is 4.74 Å².